The normalized spacial score (nSPS) is 11.4. The zero-order valence-electron chi connectivity index (χ0n) is 11.2. The van der Waals surface area contributed by atoms with Crippen molar-refractivity contribution in [3.63, 3.8) is 0 Å². The third-order valence-corrected chi connectivity index (χ3v) is 2.35. The summed E-state index contributed by atoms with van der Waals surface area (Å²) >= 11 is 0. The van der Waals surface area contributed by atoms with Crippen molar-refractivity contribution in [3.8, 4) is 5.75 Å². The van der Waals surface area contributed by atoms with Gasteiger partial charge >= 0.3 is 12.1 Å². The largest absolute Gasteiger partial charge is 0.514 e. The highest BCUT2D eigenvalue weighted by Gasteiger charge is 2.18. The van der Waals surface area contributed by atoms with E-state index in [9.17, 15) is 23.2 Å². The van der Waals surface area contributed by atoms with E-state index >= 15 is 0 Å². The zero-order chi connectivity index (χ0) is 16.0. The van der Waals surface area contributed by atoms with E-state index < -0.39 is 41.2 Å². The van der Waals surface area contributed by atoms with Gasteiger partial charge in [-0.25, -0.2) is 13.6 Å². The second-order valence-corrected chi connectivity index (χ2v) is 3.98. The number of aldehydes is 1. The number of esters is 1. The SMILES string of the molecule is COC(=O)C[C@@H](C)OC(=O)Oc1cc(F)c(C=O)c(F)c1. The molecule has 21 heavy (non-hydrogen) atoms. The van der Waals surface area contributed by atoms with Gasteiger partial charge in [0.25, 0.3) is 0 Å². The first-order chi connectivity index (χ1) is 9.87. The molecule has 1 atom stereocenters. The van der Waals surface area contributed by atoms with E-state index in [0.29, 0.717) is 12.1 Å². The van der Waals surface area contributed by atoms with Crippen LogP contribution in [-0.4, -0.2) is 31.6 Å². The van der Waals surface area contributed by atoms with Crippen LogP contribution in [-0.2, 0) is 14.3 Å². The van der Waals surface area contributed by atoms with E-state index in [1.54, 1.807) is 0 Å². The van der Waals surface area contributed by atoms with Gasteiger partial charge in [-0.05, 0) is 6.92 Å². The third kappa shape index (κ3) is 4.83. The minimum atomic E-state index is -1.25. The number of benzene rings is 1. The van der Waals surface area contributed by atoms with Gasteiger partial charge in [0.2, 0.25) is 0 Å². The summed E-state index contributed by atoms with van der Waals surface area (Å²) in [5.74, 6) is -3.40. The van der Waals surface area contributed by atoms with Crippen molar-refractivity contribution in [2.24, 2.45) is 0 Å². The van der Waals surface area contributed by atoms with Crippen LogP contribution in [0.3, 0.4) is 0 Å². The van der Waals surface area contributed by atoms with Gasteiger partial charge in [0, 0.05) is 12.1 Å². The molecule has 0 N–H and O–H groups in total. The van der Waals surface area contributed by atoms with Crippen molar-refractivity contribution in [1.82, 2.24) is 0 Å². The lowest BCUT2D eigenvalue weighted by Crippen LogP contribution is -2.21. The van der Waals surface area contributed by atoms with Crippen LogP contribution in [0, 0.1) is 11.6 Å². The molecule has 1 aromatic carbocycles. The standard InChI is InChI=1S/C13H12F2O6/c1-7(3-12(17)19-2)20-13(18)21-8-4-10(14)9(6-16)11(15)5-8/h4-7H,3H2,1-2H3/t7-/m1/s1. The molecule has 1 rings (SSSR count). The van der Waals surface area contributed by atoms with E-state index in [1.807, 2.05) is 0 Å². The Morgan fingerprint density at radius 3 is 2.33 bits per heavy atom. The maximum absolute atomic E-state index is 13.3. The summed E-state index contributed by atoms with van der Waals surface area (Å²) in [5.41, 5.74) is -0.769. The highest BCUT2D eigenvalue weighted by atomic mass is 19.1. The second kappa shape index (κ2) is 7.32. The number of carbonyl (C=O) groups is 3. The van der Waals surface area contributed by atoms with Crippen molar-refractivity contribution in [1.29, 1.82) is 0 Å². The molecule has 0 heterocycles. The molecule has 0 saturated heterocycles. The number of rotatable bonds is 5. The molecule has 6 nitrogen and oxygen atoms in total. The van der Waals surface area contributed by atoms with Gasteiger partial charge in [-0.3, -0.25) is 9.59 Å². The van der Waals surface area contributed by atoms with Crippen LogP contribution in [0.1, 0.15) is 23.7 Å². The Bertz CT molecular complexity index is 535. The summed E-state index contributed by atoms with van der Waals surface area (Å²) in [4.78, 5) is 32.7. The van der Waals surface area contributed by atoms with Crippen LogP contribution in [0.5, 0.6) is 5.75 Å². The predicted molar refractivity (Wildman–Crippen MR) is 64.9 cm³/mol. The molecule has 8 heteroatoms. The molecular weight excluding hydrogens is 290 g/mol. The Kier molecular flexibility index (Phi) is 5.77. The van der Waals surface area contributed by atoms with Crippen LogP contribution < -0.4 is 4.74 Å². The Morgan fingerprint density at radius 2 is 1.86 bits per heavy atom. The van der Waals surface area contributed by atoms with Gasteiger partial charge in [-0.1, -0.05) is 0 Å². The van der Waals surface area contributed by atoms with Crippen molar-refractivity contribution in [2.75, 3.05) is 7.11 Å². The van der Waals surface area contributed by atoms with Crippen LogP contribution in [0.15, 0.2) is 12.1 Å². The molecule has 114 valence electrons. The van der Waals surface area contributed by atoms with Gasteiger partial charge in [0.1, 0.15) is 23.5 Å². The average molecular weight is 302 g/mol. The molecule has 0 bridgehead atoms. The Hall–Kier alpha value is -2.51. The molecule has 0 fully saturated rings. The van der Waals surface area contributed by atoms with Crippen LogP contribution in [0.25, 0.3) is 0 Å². The van der Waals surface area contributed by atoms with Gasteiger partial charge < -0.3 is 14.2 Å². The smallest absolute Gasteiger partial charge is 0.469 e. The molecular formula is C13H12F2O6. The Balaban J connectivity index is 2.67. The number of ether oxygens (including phenoxy) is 3. The summed E-state index contributed by atoms with van der Waals surface area (Å²) in [6.07, 6.45) is -2.28. The van der Waals surface area contributed by atoms with E-state index in [4.69, 9.17) is 0 Å². The minimum absolute atomic E-state index is 0.00516. The average Bonchev–Trinajstić information content (AvgIpc) is 2.37. The van der Waals surface area contributed by atoms with E-state index in [-0.39, 0.29) is 12.7 Å². The number of halogens is 2. The van der Waals surface area contributed by atoms with Gasteiger partial charge in [0.15, 0.2) is 6.29 Å². The highest BCUT2D eigenvalue weighted by molar-refractivity contribution is 5.76. The summed E-state index contributed by atoms with van der Waals surface area (Å²) in [7, 11) is 1.17. The minimum Gasteiger partial charge on any atom is -0.469 e. The fraction of sp³-hybridized carbons (Fsp3) is 0.308. The molecule has 0 aromatic heterocycles. The van der Waals surface area contributed by atoms with Crippen LogP contribution in [0.2, 0.25) is 0 Å². The number of hydrogen-bond donors (Lipinski definition) is 0. The number of methoxy groups -OCH3 is 1. The quantitative estimate of drug-likeness (QED) is 0.471. The lowest BCUT2D eigenvalue weighted by Gasteiger charge is -2.12. The van der Waals surface area contributed by atoms with Gasteiger partial charge in [-0.2, -0.15) is 0 Å². The molecule has 0 amide bonds. The predicted octanol–water partition coefficient (Wildman–Crippen LogP) is 2.24. The molecule has 0 spiro atoms. The van der Waals surface area contributed by atoms with Crippen molar-refractivity contribution in [3.05, 3.63) is 29.3 Å². The first-order valence-electron chi connectivity index (χ1n) is 5.76. The van der Waals surface area contributed by atoms with Crippen molar-refractivity contribution in [2.45, 2.75) is 19.4 Å². The Labute approximate surface area is 118 Å². The zero-order valence-corrected chi connectivity index (χ0v) is 11.2. The fourth-order valence-electron chi connectivity index (χ4n) is 1.38. The third-order valence-electron chi connectivity index (χ3n) is 2.35. The van der Waals surface area contributed by atoms with Crippen LogP contribution >= 0.6 is 0 Å². The highest BCUT2D eigenvalue weighted by Crippen LogP contribution is 2.20. The van der Waals surface area contributed by atoms with E-state index in [2.05, 4.69) is 14.2 Å². The van der Waals surface area contributed by atoms with Gasteiger partial charge in [0.05, 0.1) is 19.1 Å². The van der Waals surface area contributed by atoms with Crippen LogP contribution in [0.4, 0.5) is 13.6 Å². The fourth-order valence-corrected chi connectivity index (χ4v) is 1.38. The van der Waals surface area contributed by atoms with Gasteiger partial charge in [-0.15, -0.1) is 0 Å². The maximum atomic E-state index is 13.3. The first kappa shape index (κ1) is 16.5. The summed E-state index contributed by atoms with van der Waals surface area (Å²) in [5, 5.41) is 0. The summed E-state index contributed by atoms with van der Waals surface area (Å²) in [6, 6.07) is 1.33. The molecule has 0 aliphatic heterocycles. The molecule has 0 aliphatic carbocycles. The number of hydrogen-bond acceptors (Lipinski definition) is 6. The van der Waals surface area contributed by atoms with Crippen molar-refractivity contribution < 1.29 is 37.4 Å². The topological polar surface area (TPSA) is 78.9 Å². The summed E-state index contributed by atoms with van der Waals surface area (Å²) in [6.45, 7) is 1.41. The monoisotopic (exact) mass is 302 g/mol. The first-order valence-corrected chi connectivity index (χ1v) is 5.76. The lowest BCUT2D eigenvalue weighted by molar-refractivity contribution is -0.142. The van der Waals surface area contributed by atoms with Crippen molar-refractivity contribution >= 4 is 18.4 Å². The second-order valence-electron chi connectivity index (χ2n) is 3.98. The maximum Gasteiger partial charge on any atom is 0.514 e. The summed E-state index contributed by atoms with van der Waals surface area (Å²) < 4.78 is 40.2. The van der Waals surface area contributed by atoms with E-state index in [1.165, 1.54) is 14.0 Å². The Morgan fingerprint density at radius 1 is 1.29 bits per heavy atom. The molecule has 0 unspecified atom stereocenters. The molecule has 0 aliphatic rings. The molecule has 0 radical (unpaired) electrons. The van der Waals surface area contributed by atoms with E-state index in [0.717, 1.165) is 0 Å². The lowest BCUT2D eigenvalue weighted by atomic mass is 10.2. The number of carbonyl (C=O) groups excluding carboxylic acids is 3. The molecule has 0 saturated carbocycles. The molecule has 1 aromatic rings.